The quantitative estimate of drug-likeness (QED) is 0.729. The lowest BCUT2D eigenvalue weighted by molar-refractivity contribution is 0.720. The molecule has 0 bridgehead atoms. The molecule has 3 N–H and O–H groups in total. The number of nitrogens with one attached hydrogen (secondary N) is 1. The Balaban J connectivity index is 1.95. The number of nitrogens with two attached hydrogens (primary N) is 1. The Bertz CT molecular complexity index is 774. The van der Waals surface area contributed by atoms with E-state index in [0.29, 0.717) is 12.4 Å². The van der Waals surface area contributed by atoms with Crippen LogP contribution in [0, 0.1) is 0 Å². The van der Waals surface area contributed by atoms with Gasteiger partial charge in [0.05, 0.1) is 11.7 Å². The van der Waals surface area contributed by atoms with Gasteiger partial charge in [-0.2, -0.15) is 0 Å². The van der Waals surface area contributed by atoms with Crippen LogP contribution in [0.2, 0.25) is 0 Å². The highest BCUT2D eigenvalue weighted by Gasteiger charge is 2.16. The molecular formula is C19H21N5. The molecule has 24 heavy (non-hydrogen) atoms. The Labute approximate surface area is 142 Å². The van der Waals surface area contributed by atoms with Gasteiger partial charge < -0.3 is 11.1 Å². The minimum Gasteiger partial charge on any atom is -0.359 e. The van der Waals surface area contributed by atoms with Crippen LogP contribution in [0.4, 0.5) is 5.82 Å². The molecule has 2 heterocycles. The van der Waals surface area contributed by atoms with E-state index < -0.39 is 0 Å². The van der Waals surface area contributed by atoms with E-state index in [0.717, 1.165) is 29.1 Å². The van der Waals surface area contributed by atoms with E-state index in [4.69, 9.17) is 10.7 Å². The second kappa shape index (κ2) is 7.66. The molecule has 0 aliphatic rings. The van der Waals surface area contributed by atoms with Gasteiger partial charge in [-0.15, -0.1) is 0 Å². The fourth-order valence-corrected chi connectivity index (χ4v) is 2.55. The lowest BCUT2D eigenvalue weighted by atomic mass is 10.1. The van der Waals surface area contributed by atoms with Crippen LogP contribution in [-0.4, -0.2) is 21.5 Å². The maximum atomic E-state index is 5.94. The van der Waals surface area contributed by atoms with Crippen LogP contribution in [0.1, 0.15) is 24.4 Å². The Morgan fingerprint density at radius 1 is 1.04 bits per heavy atom. The fraction of sp³-hybridized carbons (Fsp3) is 0.211. The number of hydrogen-bond donors (Lipinski definition) is 2. The van der Waals surface area contributed by atoms with Gasteiger partial charge in [0.15, 0.2) is 5.82 Å². The number of aryl methyl sites for hydroxylation is 1. The van der Waals surface area contributed by atoms with E-state index >= 15 is 0 Å². The summed E-state index contributed by atoms with van der Waals surface area (Å²) in [4.78, 5) is 13.6. The van der Waals surface area contributed by atoms with Crippen molar-refractivity contribution in [3.8, 4) is 11.3 Å². The van der Waals surface area contributed by atoms with Crippen molar-refractivity contribution >= 4 is 5.82 Å². The van der Waals surface area contributed by atoms with Gasteiger partial charge in [-0.3, -0.25) is 0 Å². The summed E-state index contributed by atoms with van der Waals surface area (Å²) in [6.45, 7) is 2.49. The summed E-state index contributed by atoms with van der Waals surface area (Å²) >= 11 is 0. The standard InChI is InChI=1S/C19H21N5/c1-2-14-13-22-19(24-18(14)15-8-4-3-5-9-15)16(12-20)23-17-10-6-7-11-21-17/h3-11,13,16H,2,12,20H2,1H3,(H,21,23). The molecule has 0 amide bonds. The van der Waals surface area contributed by atoms with E-state index in [-0.39, 0.29) is 6.04 Å². The Morgan fingerprint density at radius 3 is 2.50 bits per heavy atom. The first-order valence-corrected chi connectivity index (χ1v) is 8.10. The molecule has 0 spiro atoms. The van der Waals surface area contributed by atoms with Crippen molar-refractivity contribution in [3.63, 3.8) is 0 Å². The smallest absolute Gasteiger partial charge is 0.152 e. The van der Waals surface area contributed by atoms with Gasteiger partial charge in [-0.1, -0.05) is 43.3 Å². The number of aromatic nitrogens is 3. The summed E-state index contributed by atoms with van der Waals surface area (Å²) in [5.74, 6) is 1.44. The first kappa shape index (κ1) is 16.1. The first-order valence-electron chi connectivity index (χ1n) is 8.10. The van der Waals surface area contributed by atoms with Gasteiger partial charge in [0.25, 0.3) is 0 Å². The summed E-state index contributed by atoms with van der Waals surface area (Å²) in [6, 6.07) is 15.7. The van der Waals surface area contributed by atoms with Crippen molar-refractivity contribution in [3.05, 3.63) is 72.3 Å². The van der Waals surface area contributed by atoms with E-state index in [1.807, 2.05) is 42.6 Å². The molecule has 1 aromatic carbocycles. The normalized spacial score (nSPS) is 11.9. The number of rotatable bonds is 6. The van der Waals surface area contributed by atoms with Crippen molar-refractivity contribution < 1.29 is 0 Å². The lowest BCUT2D eigenvalue weighted by Crippen LogP contribution is -2.23. The van der Waals surface area contributed by atoms with Crippen molar-refractivity contribution in [1.29, 1.82) is 0 Å². The zero-order valence-electron chi connectivity index (χ0n) is 13.7. The fourth-order valence-electron chi connectivity index (χ4n) is 2.55. The highest BCUT2D eigenvalue weighted by molar-refractivity contribution is 5.62. The maximum absolute atomic E-state index is 5.94. The van der Waals surface area contributed by atoms with E-state index in [9.17, 15) is 0 Å². The molecule has 5 nitrogen and oxygen atoms in total. The van der Waals surface area contributed by atoms with Crippen molar-refractivity contribution in [2.45, 2.75) is 19.4 Å². The molecule has 3 aromatic rings. The molecule has 2 aromatic heterocycles. The zero-order valence-corrected chi connectivity index (χ0v) is 13.7. The van der Waals surface area contributed by atoms with E-state index in [1.54, 1.807) is 6.20 Å². The van der Waals surface area contributed by atoms with Gasteiger partial charge in [0.2, 0.25) is 0 Å². The molecule has 0 radical (unpaired) electrons. The summed E-state index contributed by atoms with van der Waals surface area (Å²) in [7, 11) is 0. The third-order valence-corrected chi connectivity index (χ3v) is 3.85. The van der Waals surface area contributed by atoms with E-state index in [2.05, 4.69) is 34.3 Å². The molecular weight excluding hydrogens is 298 g/mol. The Kier molecular flexibility index (Phi) is 5.13. The summed E-state index contributed by atoms with van der Waals surface area (Å²) < 4.78 is 0. The Hall–Kier alpha value is -2.79. The van der Waals surface area contributed by atoms with Crippen LogP contribution < -0.4 is 11.1 Å². The molecule has 0 saturated heterocycles. The number of pyridine rings is 1. The highest BCUT2D eigenvalue weighted by atomic mass is 15.1. The molecule has 5 heteroatoms. The molecule has 3 rings (SSSR count). The molecule has 1 unspecified atom stereocenters. The zero-order chi connectivity index (χ0) is 16.8. The molecule has 122 valence electrons. The van der Waals surface area contributed by atoms with Crippen molar-refractivity contribution in [1.82, 2.24) is 15.0 Å². The third kappa shape index (κ3) is 3.58. The SMILES string of the molecule is CCc1cnc(C(CN)Nc2ccccn2)nc1-c1ccccc1. The second-order valence-corrected chi connectivity index (χ2v) is 5.47. The maximum Gasteiger partial charge on any atom is 0.152 e. The van der Waals surface area contributed by atoms with Crippen LogP contribution >= 0.6 is 0 Å². The summed E-state index contributed by atoms with van der Waals surface area (Å²) in [6.07, 6.45) is 4.52. The Morgan fingerprint density at radius 2 is 1.83 bits per heavy atom. The minimum atomic E-state index is -0.187. The predicted octanol–water partition coefficient (Wildman–Crippen LogP) is 3.21. The van der Waals surface area contributed by atoms with Gasteiger partial charge >= 0.3 is 0 Å². The average molecular weight is 319 g/mol. The van der Waals surface area contributed by atoms with Crippen LogP contribution in [0.3, 0.4) is 0 Å². The van der Waals surface area contributed by atoms with E-state index in [1.165, 1.54) is 0 Å². The van der Waals surface area contributed by atoms with Gasteiger partial charge in [-0.05, 0) is 24.1 Å². The van der Waals surface area contributed by atoms with Gasteiger partial charge in [0.1, 0.15) is 5.82 Å². The average Bonchev–Trinajstić information content (AvgIpc) is 2.67. The molecule has 0 fully saturated rings. The number of benzene rings is 1. The summed E-state index contributed by atoms with van der Waals surface area (Å²) in [5, 5.41) is 3.30. The number of hydrogen-bond acceptors (Lipinski definition) is 5. The lowest BCUT2D eigenvalue weighted by Gasteiger charge is -2.18. The largest absolute Gasteiger partial charge is 0.359 e. The third-order valence-electron chi connectivity index (χ3n) is 3.85. The molecule has 0 saturated carbocycles. The van der Waals surface area contributed by atoms with Gasteiger partial charge in [0, 0.05) is 24.5 Å². The highest BCUT2D eigenvalue weighted by Crippen LogP contribution is 2.23. The van der Waals surface area contributed by atoms with Gasteiger partial charge in [-0.25, -0.2) is 15.0 Å². The predicted molar refractivity (Wildman–Crippen MR) is 96.5 cm³/mol. The topological polar surface area (TPSA) is 76.7 Å². The van der Waals surface area contributed by atoms with Crippen LogP contribution in [-0.2, 0) is 6.42 Å². The monoisotopic (exact) mass is 319 g/mol. The first-order chi connectivity index (χ1) is 11.8. The second-order valence-electron chi connectivity index (χ2n) is 5.47. The molecule has 0 aliphatic heterocycles. The van der Waals surface area contributed by atoms with Crippen LogP contribution in [0.15, 0.2) is 60.9 Å². The van der Waals surface area contributed by atoms with Crippen LogP contribution in [0.5, 0.6) is 0 Å². The minimum absolute atomic E-state index is 0.187. The number of anilines is 1. The molecule has 1 atom stereocenters. The molecule has 0 aliphatic carbocycles. The number of nitrogens with zero attached hydrogens (tertiary/aromatic N) is 3. The summed E-state index contributed by atoms with van der Waals surface area (Å²) in [5.41, 5.74) is 9.12. The van der Waals surface area contributed by atoms with Crippen molar-refractivity contribution in [2.75, 3.05) is 11.9 Å². The van der Waals surface area contributed by atoms with Crippen LogP contribution in [0.25, 0.3) is 11.3 Å². The van der Waals surface area contributed by atoms with Crippen molar-refractivity contribution in [2.24, 2.45) is 5.73 Å².